The van der Waals surface area contributed by atoms with Crippen LogP contribution in [0.2, 0.25) is 0 Å². The Balaban J connectivity index is 1.85. The zero-order valence-electron chi connectivity index (χ0n) is 17.6. The highest BCUT2D eigenvalue weighted by molar-refractivity contribution is 6.23. The molecule has 1 aliphatic rings. The van der Waals surface area contributed by atoms with E-state index in [2.05, 4.69) is 37.0 Å². The Bertz CT molecular complexity index is 931. The summed E-state index contributed by atoms with van der Waals surface area (Å²) in [5.74, 6) is 0.256. The quantitative estimate of drug-likeness (QED) is 0.592. The number of para-hydroxylation sites is 1. The van der Waals surface area contributed by atoms with E-state index in [4.69, 9.17) is 4.99 Å². The van der Waals surface area contributed by atoms with Gasteiger partial charge in [0.15, 0.2) is 5.78 Å². The van der Waals surface area contributed by atoms with Gasteiger partial charge in [0.05, 0.1) is 5.57 Å². The van der Waals surface area contributed by atoms with E-state index in [1.807, 2.05) is 19.9 Å². The number of aromatic amines is 1. The van der Waals surface area contributed by atoms with Gasteiger partial charge in [-0.1, -0.05) is 45.4 Å². The number of rotatable bonds is 7. The molecule has 4 heteroatoms. The first-order chi connectivity index (χ1) is 13.3. The van der Waals surface area contributed by atoms with Gasteiger partial charge in [-0.15, -0.1) is 0 Å². The average molecular weight is 381 g/mol. The molecule has 0 fully saturated rings. The number of fused-ring (bicyclic) bond motifs is 1. The molecule has 1 heterocycles. The normalized spacial score (nSPS) is 17.6. The summed E-state index contributed by atoms with van der Waals surface area (Å²) in [6, 6.07) is 8.32. The molecule has 3 rings (SSSR count). The summed E-state index contributed by atoms with van der Waals surface area (Å²) in [5.41, 5.74) is 4.70. The van der Waals surface area contributed by atoms with E-state index in [9.17, 15) is 9.90 Å². The fraction of sp³-hybridized carbons (Fsp3) is 0.500. The first kappa shape index (κ1) is 20.4. The van der Waals surface area contributed by atoms with Crippen LogP contribution in [0.1, 0.15) is 64.1 Å². The standard InChI is InChI=1S/C24H32N2O2/c1-5-6-10-20(23-21(27)14-24(3,4)15-22(23)28)25-13-12-17-16(2)26-19-11-8-7-9-18(17)19/h7-9,11,26-27H,5-6,10,12-15H2,1-4H3. The third-order valence-corrected chi connectivity index (χ3v) is 5.60. The lowest BCUT2D eigenvalue weighted by Gasteiger charge is -2.30. The van der Waals surface area contributed by atoms with Gasteiger partial charge >= 0.3 is 0 Å². The third kappa shape index (κ3) is 4.37. The van der Waals surface area contributed by atoms with Crippen LogP contribution in [0, 0.1) is 12.3 Å². The lowest BCUT2D eigenvalue weighted by molar-refractivity contribution is -0.117. The van der Waals surface area contributed by atoms with Gasteiger partial charge in [-0.05, 0) is 43.2 Å². The summed E-state index contributed by atoms with van der Waals surface area (Å²) in [6.07, 6.45) is 4.58. The van der Waals surface area contributed by atoms with Gasteiger partial charge in [0, 0.05) is 41.7 Å². The molecule has 0 unspecified atom stereocenters. The number of unbranched alkanes of at least 4 members (excludes halogenated alkanes) is 1. The van der Waals surface area contributed by atoms with Crippen molar-refractivity contribution < 1.29 is 9.90 Å². The lowest BCUT2D eigenvalue weighted by Crippen LogP contribution is -2.29. The molecule has 0 radical (unpaired) electrons. The van der Waals surface area contributed by atoms with E-state index in [1.54, 1.807) is 0 Å². The predicted octanol–water partition coefficient (Wildman–Crippen LogP) is 5.85. The van der Waals surface area contributed by atoms with Gasteiger partial charge in [0.1, 0.15) is 5.76 Å². The Morgan fingerprint density at radius 3 is 2.71 bits per heavy atom. The summed E-state index contributed by atoms with van der Waals surface area (Å²) in [4.78, 5) is 21.0. The Morgan fingerprint density at radius 2 is 2.00 bits per heavy atom. The predicted molar refractivity (Wildman–Crippen MR) is 116 cm³/mol. The SMILES string of the molecule is CCCCC(=NCCc1c(C)[nH]c2ccccc12)C1=C(O)CC(C)(C)CC1=O. The number of aliphatic imine (C=N–C) groups is 1. The maximum Gasteiger partial charge on any atom is 0.168 e. The molecule has 0 bridgehead atoms. The van der Waals surface area contributed by atoms with Crippen LogP contribution in [0.5, 0.6) is 0 Å². The van der Waals surface area contributed by atoms with Gasteiger partial charge in [-0.2, -0.15) is 0 Å². The largest absolute Gasteiger partial charge is 0.511 e. The average Bonchev–Trinajstić information content (AvgIpc) is 2.93. The van der Waals surface area contributed by atoms with Gasteiger partial charge < -0.3 is 10.1 Å². The third-order valence-electron chi connectivity index (χ3n) is 5.60. The van der Waals surface area contributed by atoms with Crippen LogP contribution in [0.25, 0.3) is 10.9 Å². The van der Waals surface area contributed by atoms with Gasteiger partial charge in [-0.3, -0.25) is 9.79 Å². The monoisotopic (exact) mass is 380 g/mol. The number of aryl methyl sites for hydroxylation is 1. The maximum atomic E-state index is 12.7. The van der Waals surface area contributed by atoms with Crippen molar-refractivity contribution in [1.82, 2.24) is 4.98 Å². The van der Waals surface area contributed by atoms with E-state index in [0.29, 0.717) is 25.0 Å². The van der Waals surface area contributed by atoms with Crippen LogP contribution >= 0.6 is 0 Å². The number of aromatic nitrogens is 1. The number of aliphatic hydroxyl groups is 1. The number of hydrogen-bond acceptors (Lipinski definition) is 3. The number of hydrogen-bond donors (Lipinski definition) is 2. The molecule has 0 aliphatic heterocycles. The van der Waals surface area contributed by atoms with Crippen LogP contribution < -0.4 is 0 Å². The van der Waals surface area contributed by atoms with Crippen LogP contribution in [0.3, 0.4) is 0 Å². The molecule has 1 aromatic carbocycles. The van der Waals surface area contributed by atoms with Crippen LogP contribution in [-0.2, 0) is 11.2 Å². The second-order valence-electron chi connectivity index (χ2n) is 8.72. The number of allylic oxidation sites excluding steroid dienone is 2. The smallest absolute Gasteiger partial charge is 0.168 e. The fourth-order valence-electron chi connectivity index (χ4n) is 4.20. The van der Waals surface area contributed by atoms with E-state index in [0.717, 1.165) is 36.9 Å². The number of carbonyl (C=O) groups excluding carboxylic acids is 1. The van der Waals surface area contributed by atoms with Gasteiger partial charge in [0.2, 0.25) is 0 Å². The molecule has 0 spiro atoms. The molecule has 0 saturated carbocycles. The van der Waals surface area contributed by atoms with Crippen LogP contribution in [-0.4, -0.2) is 28.1 Å². The summed E-state index contributed by atoms with van der Waals surface area (Å²) in [6.45, 7) is 8.90. The zero-order chi connectivity index (χ0) is 20.3. The minimum Gasteiger partial charge on any atom is -0.511 e. The number of Topliss-reactive ketones (excluding diaryl/α,β-unsaturated/α-hetero) is 1. The number of aliphatic hydroxyl groups excluding tert-OH is 1. The minimum absolute atomic E-state index is 0.0341. The molecule has 150 valence electrons. The summed E-state index contributed by atoms with van der Waals surface area (Å²) >= 11 is 0. The highest BCUT2D eigenvalue weighted by Gasteiger charge is 2.34. The van der Waals surface area contributed by atoms with Crippen LogP contribution in [0.4, 0.5) is 0 Å². The number of ketones is 1. The summed E-state index contributed by atoms with van der Waals surface area (Å²) in [7, 11) is 0. The molecule has 1 aliphatic carbocycles. The highest BCUT2D eigenvalue weighted by atomic mass is 16.3. The van der Waals surface area contributed by atoms with Crippen molar-refractivity contribution in [1.29, 1.82) is 0 Å². The zero-order valence-corrected chi connectivity index (χ0v) is 17.6. The number of nitrogens with zero attached hydrogens (tertiary/aromatic N) is 1. The molecule has 2 N–H and O–H groups in total. The number of H-pyrrole nitrogens is 1. The van der Waals surface area contributed by atoms with E-state index in [1.165, 1.54) is 16.6 Å². The van der Waals surface area contributed by atoms with Crippen LogP contribution in [0.15, 0.2) is 40.6 Å². The van der Waals surface area contributed by atoms with Crippen molar-refractivity contribution in [2.75, 3.05) is 6.54 Å². The molecule has 0 saturated heterocycles. The first-order valence-corrected chi connectivity index (χ1v) is 10.4. The second-order valence-corrected chi connectivity index (χ2v) is 8.72. The second kappa shape index (κ2) is 8.34. The van der Waals surface area contributed by atoms with Crippen molar-refractivity contribution in [3.05, 3.63) is 46.9 Å². The van der Waals surface area contributed by atoms with Crippen molar-refractivity contribution in [3.8, 4) is 0 Å². The minimum atomic E-state index is -0.179. The Kier molecular flexibility index (Phi) is 6.07. The highest BCUT2D eigenvalue weighted by Crippen LogP contribution is 2.36. The number of carbonyl (C=O) groups is 1. The molecule has 0 atom stereocenters. The van der Waals surface area contributed by atoms with E-state index < -0.39 is 0 Å². The topological polar surface area (TPSA) is 65.4 Å². The first-order valence-electron chi connectivity index (χ1n) is 10.4. The summed E-state index contributed by atoms with van der Waals surface area (Å²) in [5, 5.41) is 11.8. The Labute approximate surface area is 167 Å². The van der Waals surface area contributed by atoms with Gasteiger partial charge in [0.25, 0.3) is 0 Å². The molecule has 2 aromatic rings. The fourth-order valence-corrected chi connectivity index (χ4v) is 4.20. The van der Waals surface area contributed by atoms with E-state index >= 15 is 0 Å². The molecular weight excluding hydrogens is 348 g/mol. The Morgan fingerprint density at radius 1 is 1.25 bits per heavy atom. The molecule has 4 nitrogen and oxygen atoms in total. The van der Waals surface area contributed by atoms with Crippen molar-refractivity contribution >= 4 is 22.4 Å². The molecule has 1 aromatic heterocycles. The Hall–Kier alpha value is -2.36. The summed E-state index contributed by atoms with van der Waals surface area (Å²) < 4.78 is 0. The number of benzene rings is 1. The number of nitrogens with one attached hydrogen (secondary N) is 1. The van der Waals surface area contributed by atoms with E-state index in [-0.39, 0.29) is 17.0 Å². The molecular formula is C24H32N2O2. The van der Waals surface area contributed by atoms with Gasteiger partial charge in [-0.25, -0.2) is 0 Å². The molecule has 28 heavy (non-hydrogen) atoms. The van der Waals surface area contributed by atoms with Crippen molar-refractivity contribution in [2.24, 2.45) is 10.4 Å². The van der Waals surface area contributed by atoms with Crippen molar-refractivity contribution in [3.63, 3.8) is 0 Å². The lowest BCUT2D eigenvalue weighted by atomic mass is 9.75. The maximum absolute atomic E-state index is 12.7. The molecule has 0 amide bonds. The van der Waals surface area contributed by atoms with Crippen molar-refractivity contribution in [2.45, 2.75) is 66.2 Å².